The second kappa shape index (κ2) is 6.74. The van der Waals surface area contributed by atoms with Crippen LogP contribution in [0.5, 0.6) is 5.06 Å². The summed E-state index contributed by atoms with van der Waals surface area (Å²) in [4.78, 5) is 13.5. The van der Waals surface area contributed by atoms with Crippen molar-refractivity contribution in [2.75, 3.05) is 7.11 Å². The zero-order valence-electron chi connectivity index (χ0n) is 13.3. The molecule has 126 valence electrons. The maximum absolute atomic E-state index is 12.4. The maximum atomic E-state index is 12.4. The molecule has 3 heterocycles. The van der Waals surface area contributed by atoms with Gasteiger partial charge in [-0.15, -0.1) is 0 Å². The van der Waals surface area contributed by atoms with Crippen molar-refractivity contribution in [2.24, 2.45) is 0 Å². The number of nitrogens with zero attached hydrogens (tertiary/aromatic N) is 1. The van der Waals surface area contributed by atoms with Gasteiger partial charge in [0, 0.05) is 46.2 Å². The summed E-state index contributed by atoms with van der Waals surface area (Å²) in [5.74, 6) is 0.0150. The highest BCUT2D eigenvalue weighted by atomic mass is 32.2. The van der Waals surface area contributed by atoms with Crippen molar-refractivity contribution in [2.45, 2.75) is 47.3 Å². The fraction of sp³-hybridized carbons (Fsp3) is 0.412. The van der Waals surface area contributed by atoms with E-state index in [2.05, 4.69) is 15.0 Å². The smallest absolute Gasteiger partial charge is 0.251 e. The standard InChI is InChI=1S/C17H19N3O2S2/c1-22-16-9-15(20-24-16)23-12-5-2-10(3-6-12)17(21)19-14-8-11-4-7-13(14)18-11/h2-3,5-6,9,11,13-14,18H,4,7-8H2,1H3,(H,19,21). The first-order valence-electron chi connectivity index (χ1n) is 8.07. The van der Waals surface area contributed by atoms with E-state index in [1.807, 2.05) is 30.3 Å². The van der Waals surface area contributed by atoms with E-state index in [1.54, 1.807) is 18.9 Å². The largest absolute Gasteiger partial charge is 0.486 e. The predicted octanol–water partition coefficient (Wildman–Crippen LogP) is 2.93. The van der Waals surface area contributed by atoms with Gasteiger partial charge >= 0.3 is 0 Å². The Morgan fingerprint density at radius 2 is 2.21 bits per heavy atom. The third kappa shape index (κ3) is 3.29. The molecule has 2 aliphatic heterocycles. The van der Waals surface area contributed by atoms with Gasteiger partial charge in [0.1, 0.15) is 5.03 Å². The first kappa shape index (κ1) is 15.9. The molecule has 2 aliphatic rings. The molecule has 0 radical (unpaired) electrons. The lowest BCUT2D eigenvalue weighted by Gasteiger charge is -2.21. The van der Waals surface area contributed by atoms with Gasteiger partial charge in [0.2, 0.25) is 0 Å². The lowest BCUT2D eigenvalue weighted by atomic mass is 9.95. The van der Waals surface area contributed by atoms with Crippen LogP contribution in [0, 0.1) is 0 Å². The number of methoxy groups -OCH3 is 1. The first-order chi connectivity index (χ1) is 11.7. The number of benzene rings is 1. The summed E-state index contributed by atoms with van der Waals surface area (Å²) in [5.41, 5.74) is 0.706. The monoisotopic (exact) mass is 361 g/mol. The summed E-state index contributed by atoms with van der Waals surface area (Å²) in [6.07, 6.45) is 3.46. The number of nitrogens with one attached hydrogen (secondary N) is 2. The van der Waals surface area contributed by atoms with Crippen molar-refractivity contribution in [1.29, 1.82) is 0 Å². The maximum Gasteiger partial charge on any atom is 0.251 e. The van der Waals surface area contributed by atoms with Crippen LogP contribution in [0.1, 0.15) is 29.6 Å². The van der Waals surface area contributed by atoms with E-state index in [0.29, 0.717) is 17.6 Å². The highest BCUT2D eigenvalue weighted by Crippen LogP contribution is 2.32. The molecule has 5 nitrogen and oxygen atoms in total. The van der Waals surface area contributed by atoms with Crippen molar-refractivity contribution >= 4 is 29.2 Å². The second-order valence-electron chi connectivity index (χ2n) is 6.18. The molecule has 4 rings (SSSR count). The molecule has 2 aromatic rings. The molecule has 1 aromatic carbocycles. The van der Waals surface area contributed by atoms with Crippen LogP contribution < -0.4 is 15.4 Å². The quantitative estimate of drug-likeness (QED) is 0.857. The number of amides is 1. The molecule has 0 aliphatic carbocycles. The molecule has 1 aromatic heterocycles. The van der Waals surface area contributed by atoms with Crippen LogP contribution in [0.2, 0.25) is 0 Å². The minimum Gasteiger partial charge on any atom is -0.486 e. The van der Waals surface area contributed by atoms with Crippen LogP contribution in [0.4, 0.5) is 0 Å². The summed E-state index contributed by atoms with van der Waals surface area (Å²) in [7, 11) is 1.64. The summed E-state index contributed by atoms with van der Waals surface area (Å²) in [5, 5.41) is 8.42. The number of hydrogen-bond acceptors (Lipinski definition) is 6. The lowest BCUT2D eigenvalue weighted by molar-refractivity contribution is 0.0931. The Labute approximate surface area is 149 Å². The number of hydrogen-bond donors (Lipinski definition) is 2. The number of fused-ring (bicyclic) bond motifs is 2. The normalized spacial score (nSPS) is 25.0. The molecule has 3 unspecified atom stereocenters. The zero-order chi connectivity index (χ0) is 16.5. The minimum absolute atomic E-state index is 0.0150. The van der Waals surface area contributed by atoms with Crippen LogP contribution in [0.15, 0.2) is 40.3 Å². The Balaban J connectivity index is 1.37. The third-order valence-corrected chi connectivity index (χ3v) is 6.42. The molecule has 3 atom stereocenters. The molecule has 7 heteroatoms. The van der Waals surface area contributed by atoms with Gasteiger partial charge < -0.3 is 15.4 Å². The average Bonchev–Trinajstić information content (AvgIpc) is 3.32. The molecule has 24 heavy (non-hydrogen) atoms. The number of carbonyl (C=O) groups is 1. The Hall–Kier alpha value is -1.57. The number of ether oxygens (including phenoxy) is 1. The van der Waals surface area contributed by atoms with Crippen LogP contribution in [-0.4, -0.2) is 35.5 Å². The van der Waals surface area contributed by atoms with Crippen molar-refractivity contribution in [3.63, 3.8) is 0 Å². The van der Waals surface area contributed by atoms with Crippen molar-refractivity contribution in [1.82, 2.24) is 15.0 Å². The molecular formula is C17H19N3O2S2. The topological polar surface area (TPSA) is 63.2 Å². The molecular weight excluding hydrogens is 342 g/mol. The van der Waals surface area contributed by atoms with Gasteiger partial charge in [-0.1, -0.05) is 11.8 Å². The van der Waals surface area contributed by atoms with Gasteiger partial charge in [0.25, 0.3) is 5.91 Å². The molecule has 2 bridgehead atoms. The summed E-state index contributed by atoms with van der Waals surface area (Å²) < 4.78 is 9.48. The van der Waals surface area contributed by atoms with E-state index in [1.165, 1.54) is 24.4 Å². The van der Waals surface area contributed by atoms with Gasteiger partial charge in [0.05, 0.1) is 7.11 Å². The predicted molar refractivity (Wildman–Crippen MR) is 95.0 cm³/mol. The van der Waals surface area contributed by atoms with E-state index in [9.17, 15) is 4.79 Å². The minimum atomic E-state index is 0.0150. The second-order valence-corrected chi connectivity index (χ2v) is 8.04. The van der Waals surface area contributed by atoms with E-state index in [4.69, 9.17) is 4.74 Å². The van der Waals surface area contributed by atoms with Gasteiger partial charge in [-0.05, 0) is 43.5 Å². The highest BCUT2D eigenvalue weighted by molar-refractivity contribution is 7.99. The first-order valence-corrected chi connectivity index (χ1v) is 9.66. The number of aromatic nitrogens is 1. The van der Waals surface area contributed by atoms with Crippen molar-refractivity contribution in [3.8, 4) is 5.06 Å². The van der Waals surface area contributed by atoms with E-state index >= 15 is 0 Å². The van der Waals surface area contributed by atoms with Gasteiger partial charge in [-0.25, -0.2) is 0 Å². The number of carbonyl (C=O) groups excluding carboxylic acids is 1. The van der Waals surface area contributed by atoms with Crippen LogP contribution in [-0.2, 0) is 0 Å². The fourth-order valence-electron chi connectivity index (χ4n) is 3.42. The van der Waals surface area contributed by atoms with Gasteiger partial charge in [-0.2, -0.15) is 4.37 Å². The summed E-state index contributed by atoms with van der Waals surface area (Å²) in [6.45, 7) is 0. The van der Waals surface area contributed by atoms with Gasteiger partial charge in [-0.3, -0.25) is 4.79 Å². The Bertz CT molecular complexity index is 732. The highest BCUT2D eigenvalue weighted by Gasteiger charge is 2.39. The summed E-state index contributed by atoms with van der Waals surface area (Å²) in [6, 6.07) is 10.9. The van der Waals surface area contributed by atoms with Crippen molar-refractivity contribution in [3.05, 3.63) is 35.9 Å². The third-order valence-electron chi connectivity index (χ3n) is 4.62. The van der Waals surface area contributed by atoms with E-state index in [-0.39, 0.29) is 11.9 Å². The molecule has 1 amide bonds. The Morgan fingerprint density at radius 3 is 2.83 bits per heavy atom. The molecule has 2 fully saturated rings. The molecule has 2 saturated heterocycles. The average molecular weight is 361 g/mol. The zero-order valence-corrected chi connectivity index (χ0v) is 15.0. The van der Waals surface area contributed by atoms with Crippen molar-refractivity contribution < 1.29 is 9.53 Å². The van der Waals surface area contributed by atoms with E-state index < -0.39 is 0 Å². The van der Waals surface area contributed by atoms with E-state index in [0.717, 1.165) is 21.4 Å². The van der Waals surface area contributed by atoms with Crippen LogP contribution >= 0.6 is 23.3 Å². The molecule has 0 spiro atoms. The Morgan fingerprint density at radius 1 is 1.38 bits per heavy atom. The SMILES string of the molecule is COc1cc(Sc2ccc(C(=O)NC3CC4CCC3N4)cc2)ns1. The molecule has 0 saturated carbocycles. The van der Waals surface area contributed by atoms with Crippen LogP contribution in [0.25, 0.3) is 0 Å². The molecule has 2 N–H and O–H groups in total. The Kier molecular flexibility index (Phi) is 4.47. The fourth-order valence-corrected chi connectivity index (χ4v) is 4.90. The number of rotatable bonds is 5. The van der Waals surface area contributed by atoms with Gasteiger partial charge in [0.15, 0.2) is 5.06 Å². The lowest BCUT2D eigenvalue weighted by Crippen LogP contribution is -2.42. The van der Waals surface area contributed by atoms with Crippen LogP contribution in [0.3, 0.4) is 0 Å². The summed E-state index contributed by atoms with van der Waals surface area (Å²) >= 11 is 2.90.